The molecule has 4 rings (SSSR count). The molecule has 9 nitrogen and oxygen atoms in total. The molecule has 0 unspecified atom stereocenters. The van der Waals surface area contributed by atoms with Crippen LogP contribution in [0, 0.1) is 5.82 Å². The summed E-state index contributed by atoms with van der Waals surface area (Å²) in [7, 11) is 0. The van der Waals surface area contributed by atoms with Crippen LogP contribution in [0.5, 0.6) is 5.88 Å². The fourth-order valence-corrected chi connectivity index (χ4v) is 2.87. The third kappa shape index (κ3) is 2.85. The number of nitrogens with zero attached hydrogens (tertiary/aromatic N) is 4. The van der Waals surface area contributed by atoms with Crippen molar-refractivity contribution in [2.24, 2.45) is 5.73 Å². The van der Waals surface area contributed by atoms with Crippen molar-refractivity contribution in [1.29, 1.82) is 0 Å². The van der Waals surface area contributed by atoms with Gasteiger partial charge in [-0.05, 0) is 57.3 Å². The van der Waals surface area contributed by atoms with Crippen molar-refractivity contribution in [2.45, 2.75) is 25.0 Å². The molecule has 2 N–H and O–H groups in total. The molecular formula is C14H11BrFN5O4. The quantitative estimate of drug-likeness (QED) is 0.687. The maximum Gasteiger partial charge on any atom is 0.446 e. The second-order valence-electron chi connectivity index (χ2n) is 5.60. The molecule has 0 amide bonds. The Labute approximate surface area is 147 Å². The fourth-order valence-electron chi connectivity index (χ4n) is 2.51. The van der Waals surface area contributed by atoms with E-state index in [4.69, 9.17) is 19.6 Å². The SMILES string of the molecule is NC1CC(Oc2nonc2-c2noc(=O)n2-c2ccc(F)c(Br)c2)C1. The van der Waals surface area contributed by atoms with Crippen molar-refractivity contribution in [3.8, 4) is 23.1 Å². The van der Waals surface area contributed by atoms with Crippen LogP contribution in [0.4, 0.5) is 4.39 Å². The summed E-state index contributed by atoms with van der Waals surface area (Å²) in [6.07, 6.45) is 1.26. The van der Waals surface area contributed by atoms with Gasteiger partial charge in [-0.15, -0.1) is 0 Å². The molecule has 2 aromatic heterocycles. The van der Waals surface area contributed by atoms with Crippen molar-refractivity contribution >= 4 is 15.9 Å². The number of halogens is 2. The predicted molar refractivity (Wildman–Crippen MR) is 84.7 cm³/mol. The normalized spacial score (nSPS) is 19.6. The van der Waals surface area contributed by atoms with Gasteiger partial charge in [0, 0.05) is 6.04 Å². The van der Waals surface area contributed by atoms with E-state index in [-0.39, 0.29) is 34.0 Å². The van der Waals surface area contributed by atoms with E-state index < -0.39 is 11.6 Å². The summed E-state index contributed by atoms with van der Waals surface area (Å²) in [6.45, 7) is 0. The number of hydrogen-bond acceptors (Lipinski definition) is 8. The van der Waals surface area contributed by atoms with Crippen LogP contribution in [-0.4, -0.2) is 32.2 Å². The van der Waals surface area contributed by atoms with Gasteiger partial charge < -0.3 is 10.5 Å². The molecule has 25 heavy (non-hydrogen) atoms. The number of benzene rings is 1. The number of aromatic nitrogens is 4. The predicted octanol–water partition coefficient (Wildman–Crippen LogP) is 1.65. The lowest BCUT2D eigenvalue weighted by Crippen LogP contribution is -2.43. The Morgan fingerprint density at radius 2 is 2.12 bits per heavy atom. The topological polar surface area (TPSA) is 122 Å². The smallest absolute Gasteiger partial charge is 0.446 e. The molecule has 3 aromatic rings. The zero-order valence-electron chi connectivity index (χ0n) is 12.6. The van der Waals surface area contributed by atoms with Gasteiger partial charge in [0.2, 0.25) is 11.5 Å². The van der Waals surface area contributed by atoms with Crippen LogP contribution in [0.3, 0.4) is 0 Å². The summed E-state index contributed by atoms with van der Waals surface area (Å²) in [6, 6.07) is 4.11. The van der Waals surface area contributed by atoms with Gasteiger partial charge in [0.05, 0.1) is 10.2 Å². The summed E-state index contributed by atoms with van der Waals surface area (Å²) < 4.78 is 29.9. The van der Waals surface area contributed by atoms with Crippen molar-refractivity contribution in [3.05, 3.63) is 39.0 Å². The van der Waals surface area contributed by atoms with E-state index >= 15 is 0 Å². The van der Waals surface area contributed by atoms with Gasteiger partial charge in [-0.3, -0.25) is 4.52 Å². The fraction of sp³-hybridized carbons (Fsp3) is 0.286. The van der Waals surface area contributed by atoms with E-state index in [1.807, 2.05) is 0 Å². The Hall–Kier alpha value is -2.53. The summed E-state index contributed by atoms with van der Waals surface area (Å²) in [4.78, 5) is 12.1. The van der Waals surface area contributed by atoms with Crippen LogP contribution >= 0.6 is 15.9 Å². The van der Waals surface area contributed by atoms with Gasteiger partial charge in [0.1, 0.15) is 11.9 Å². The Bertz CT molecular complexity index is 978. The lowest BCUT2D eigenvalue weighted by molar-refractivity contribution is 0.0910. The molecule has 11 heteroatoms. The minimum atomic E-state index is -0.770. The van der Waals surface area contributed by atoms with Crippen LogP contribution < -0.4 is 16.2 Å². The second-order valence-corrected chi connectivity index (χ2v) is 6.45. The molecular weight excluding hydrogens is 401 g/mol. The first-order chi connectivity index (χ1) is 12.0. The number of nitrogens with two attached hydrogens (primary N) is 1. The molecule has 0 aliphatic heterocycles. The number of ether oxygens (including phenoxy) is 1. The van der Waals surface area contributed by atoms with Gasteiger partial charge in [0.15, 0.2) is 0 Å². The average molecular weight is 412 g/mol. The first-order valence-corrected chi connectivity index (χ1v) is 8.11. The highest BCUT2D eigenvalue weighted by Gasteiger charge is 2.31. The molecule has 2 heterocycles. The van der Waals surface area contributed by atoms with E-state index in [0.717, 1.165) is 4.57 Å². The molecule has 0 radical (unpaired) electrons. The van der Waals surface area contributed by atoms with E-state index in [1.54, 1.807) is 0 Å². The van der Waals surface area contributed by atoms with Crippen LogP contribution in [0.25, 0.3) is 17.2 Å². The Kier molecular flexibility index (Phi) is 3.88. The monoisotopic (exact) mass is 411 g/mol. The summed E-state index contributed by atoms with van der Waals surface area (Å²) in [5.41, 5.74) is 6.16. The minimum absolute atomic E-state index is 0.0309. The molecule has 0 spiro atoms. The average Bonchev–Trinajstić information content (AvgIpc) is 3.15. The molecule has 0 atom stereocenters. The van der Waals surface area contributed by atoms with Crippen molar-refractivity contribution < 1.29 is 18.3 Å². The summed E-state index contributed by atoms with van der Waals surface area (Å²) >= 11 is 3.07. The van der Waals surface area contributed by atoms with Gasteiger partial charge >= 0.3 is 5.76 Å². The third-order valence-electron chi connectivity index (χ3n) is 3.85. The highest BCUT2D eigenvalue weighted by Crippen LogP contribution is 2.31. The number of rotatable bonds is 4. The largest absolute Gasteiger partial charge is 0.470 e. The zero-order chi connectivity index (χ0) is 17.6. The molecule has 0 saturated heterocycles. The van der Waals surface area contributed by atoms with Crippen LogP contribution in [0.1, 0.15) is 12.8 Å². The maximum absolute atomic E-state index is 13.5. The lowest BCUT2D eigenvalue weighted by atomic mass is 9.90. The molecule has 130 valence electrons. The molecule has 0 bridgehead atoms. The van der Waals surface area contributed by atoms with Crippen molar-refractivity contribution in [1.82, 2.24) is 20.0 Å². The summed E-state index contributed by atoms with van der Waals surface area (Å²) in [5, 5.41) is 11.2. The van der Waals surface area contributed by atoms with Crippen molar-refractivity contribution in [3.63, 3.8) is 0 Å². The minimum Gasteiger partial charge on any atom is -0.470 e. The Morgan fingerprint density at radius 1 is 1.32 bits per heavy atom. The Balaban J connectivity index is 1.74. The van der Waals surface area contributed by atoms with Gasteiger partial charge in [-0.1, -0.05) is 5.16 Å². The first kappa shape index (κ1) is 16.0. The van der Waals surface area contributed by atoms with Crippen molar-refractivity contribution in [2.75, 3.05) is 0 Å². The molecule has 1 saturated carbocycles. The highest BCUT2D eigenvalue weighted by atomic mass is 79.9. The van der Waals surface area contributed by atoms with Gasteiger partial charge in [0.25, 0.3) is 5.88 Å². The van der Waals surface area contributed by atoms with E-state index in [0.29, 0.717) is 18.5 Å². The Morgan fingerprint density at radius 3 is 2.84 bits per heavy atom. The van der Waals surface area contributed by atoms with E-state index in [9.17, 15) is 9.18 Å². The number of hydrogen-bond donors (Lipinski definition) is 1. The van der Waals surface area contributed by atoms with Crippen LogP contribution in [0.2, 0.25) is 0 Å². The lowest BCUT2D eigenvalue weighted by Gasteiger charge is -2.31. The van der Waals surface area contributed by atoms with Gasteiger partial charge in [-0.2, -0.15) is 0 Å². The molecule has 1 aromatic carbocycles. The highest BCUT2D eigenvalue weighted by molar-refractivity contribution is 9.10. The zero-order valence-corrected chi connectivity index (χ0v) is 14.1. The molecule has 1 fully saturated rings. The van der Waals surface area contributed by atoms with Gasteiger partial charge in [-0.25, -0.2) is 18.4 Å². The standard InChI is InChI=1S/C14H11BrFN5O4/c15-9-5-7(1-2-10(9)16)21-12(19-24-14(21)22)11-13(20-25-18-11)23-8-3-6(17)4-8/h1-2,5-6,8H,3-4,17H2. The van der Waals surface area contributed by atoms with E-state index in [2.05, 4.69) is 31.4 Å². The third-order valence-corrected chi connectivity index (χ3v) is 4.45. The molecule has 1 aliphatic carbocycles. The molecule has 1 aliphatic rings. The van der Waals surface area contributed by atoms with E-state index in [1.165, 1.54) is 18.2 Å². The van der Waals surface area contributed by atoms with Crippen LogP contribution in [-0.2, 0) is 0 Å². The first-order valence-electron chi connectivity index (χ1n) is 7.32. The second kappa shape index (κ2) is 6.08. The van der Waals surface area contributed by atoms with Crippen LogP contribution in [0.15, 0.2) is 36.6 Å². The summed E-state index contributed by atoms with van der Waals surface area (Å²) in [5.74, 6) is -1.13. The maximum atomic E-state index is 13.5.